The van der Waals surface area contributed by atoms with Crippen molar-refractivity contribution in [1.29, 1.82) is 0 Å². The van der Waals surface area contributed by atoms with Crippen LogP contribution in [0.2, 0.25) is 0 Å². The van der Waals surface area contributed by atoms with Crippen molar-refractivity contribution in [3.63, 3.8) is 0 Å². The van der Waals surface area contributed by atoms with E-state index in [0.29, 0.717) is 0 Å². The first-order valence-electron chi connectivity index (χ1n) is 2.69. The minimum Gasteiger partial charge on any atom is -0.316 e. The predicted molar refractivity (Wildman–Crippen MR) is 32.5 cm³/mol. The molecule has 0 radical (unpaired) electrons. The maximum Gasteiger partial charge on any atom is 0.0898 e. The van der Waals surface area contributed by atoms with E-state index in [2.05, 4.69) is 11.8 Å². The van der Waals surface area contributed by atoms with E-state index in [0.717, 1.165) is 6.42 Å². The molecule has 0 saturated heterocycles. The highest BCUT2D eigenvalue weighted by molar-refractivity contribution is 5.04. The van der Waals surface area contributed by atoms with E-state index >= 15 is 0 Å². The van der Waals surface area contributed by atoms with Crippen LogP contribution in [-0.4, -0.2) is 11.2 Å². The first-order valence-corrected chi connectivity index (χ1v) is 2.69. The summed E-state index contributed by atoms with van der Waals surface area (Å²) < 4.78 is 0. The molecule has 0 fully saturated rings. The Morgan fingerprint density at radius 2 is 2.38 bits per heavy atom. The lowest BCUT2D eigenvalue weighted by Gasteiger charge is -1.94. The molecular weight excluding hydrogens is 102 g/mol. The number of hydroxylamine groups is 1. The number of rotatable bonds is 1. The zero-order valence-corrected chi connectivity index (χ0v) is 5.23. The van der Waals surface area contributed by atoms with Gasteiger partial charge in [-0.25, -0.2) is 0 Å². The predicted octanol–water partition coefficient (Wildman–Crippen LogP) is 0.767. The normalized spacial score (nSPS) is 11.9. The minimum absolute atomic E-state index is 0.102. The lowest BCUT2D eigenvalue weighted by Crippen LogP contribution is -2.19. The van der Waals surface area contributed by atoms with Crippen LogP contribution >= 0.6 is 0 Å². The Morgan fingerprint density at radius 1 is 1.75 bits per heavy atom. The molecule has 0 rings (SSSR count). The van der Waals surface area contributed by atoms with Gasteiger partial charge in [0.1, 0.15) is 0 Å². The molecule has 0 heterocycles. The van der Waals surface area contributed by atoms with Gasteiger partial charge in [0, 0.05) is 6.42 Å². The minimum atomic E-state index is -0.102. The molecule has 2 heteroatoms. The van der Waals surface area contributed by atoms with Gasteiger partial charge >= 0.3 is 0 Å². The second kappa shape index (κ2) is 4.63. The zero-order valence-electron chi connectivity index (χ0n) is 5.23. The van der Waals surface area contributed by atoms with Crippen molar-refractivity contribution in [2.75, 3.05) is 0 Å². The SMILES string of the molecule is CCC#CC(C)NO. The summed E-state index contributed by atoms with van der Waals surface area (Å²) in [6, 6.07) is -0.102. The van der Waals surface area contributed by atoms with E-state index in [1.54, 1.807) is 6.92 Å². The molecule has 0 aromatic rings. The van der Waals surface area contributed by atoms with Crippen LogP contribution in [0.5, 0.6) is 0 Å². The van der Waals surface area contributed by atoms with Gasteiger partial charge in [0.25, 0.3) is 0 Å². The number of hydrogen-bond donors (Lipinski definition) is 2. The third-order valence-corrected chi connectivity index (χ3v) is 0.689. The Morgan fingerprint density at radius 3 is 2.75 bits per heavy atom. The summed E-state index contributed by atoms with van der Waals surface area (Å²) in [4.78, 5) is 0. The van der Waals surface area contributed by atoms with Crippen molar-refractivity contribution in [2.45, 2.75) is 26.3 Å². The average molecular weight is 113 g/mol. The summed E-state index contributed by atoms with van der Waals surface area (Å²) in [6.07, 6.45) is 0.839. The van der Waals surface area contributed by atoms with Gasteiger partial charge in [-0.15, -0.1) is 5.92 Å². The summed E-state index contributed by atoms with van der Waals surface area (Å²) in [7, 11) is 0. The average Bonchev–Trinajstić information content (AvgIpc) is 1.83. The molecule has 0 aliphatic heterocycles. The van der Waals surface area contributed by atoms with Crippen LogP contribution in [0.25, 0.3) is 0 Å². The zero-order chi connectivity index (χ0) is 6.41. The van der Waals surface area contributed by atoms with Gasteiger partial charge in [-0.1, -0.05) is 12.8 Å². The second-order valence-electron chi connectivity index (χ2n) is 1.53. The van der Waals surface area contributed by atoms with Crippen LogP contribution in [-0.2, 0) is 0 Å². The third-order valence-electron chi connectivity index (χ3n) is 0.689. The van der Waals surface area contributed by atoms with E-state index in [1.165, 1.54) is 0 Å². The molecule has 0 aromatic heterocycles. The highest BCUT2D eigenvalue weighted by Gasteiger charge is 1.86. The summed E-state index contributed by atoms with van der Waals surface area (Å²) in [5.41, 5.74) is 2.03. The van der Waals surface area contributed by atoms with Gasteiger partial charge in [-0.05, 0) is 6.92 Å². The van der Waals surface area contributed by atoms with Gasteiger partial charge in [-0.3, -0.25) is 0 Å². The van der Waals surface area contributed by atoms with Crippen LogP contribution < -0.4 is 5.48 Å². The highest BCUT2D eigenvalue weighted by Crippen LogP contribution is 1.74. The molecule has 2 N–H and O–H groups in total. The quantitative estimate of drug-likeness (QED) is 0.389. The largest absolute Gasteiger partial charge is 0.316 e. The molecular formula is C6H11NO. The monoisotopic (exact) mass is 113 g/mol. The van der Waals surface area contributed by atoms with E-state index in [-0.39, 0.29) is 6.04 Å². The van der Waals surface area contributed by atoms with Gasteiger partial charge in [0.2, 0.25) is 0 Å². The lowest BCUT2D eigenvalue weighted by atomic mass is 10.3. The van der Waals surface area contributed by atoms with Crippen LogP contribution in [0, 0.1) is 11.8 Å². The summed E-state index contributed by atoms with van der Waals surface area (Å²) in [6.45, 7) is 3.76. The smallest absolute Gasteiger partial charge is 0.0898 e. The fraction of sp³-hybridized carbons (Fsp3) is 0.667. The fourth-order valence-corrected chi connectivity index (χ4v) is 0.287. The van der Waals surface area contributed by atoms with Crippen molar-refractivity contribution in [3.05, 3.63) is 0 Å². The molecule has 2 nitrogen and oxygen atoms in total. The molecule has 0 spiro atoms. The Kier molecular flexibility index (Phi) is 4.33. The van der Waals surface area contributed by atoms with E-state index in [9.17, 15) is 0 Å². The molecule has 0 amide bonds. The Balaban J connectivity index is 3.35. The van der Waals surface area contributed by atoms with Gasteiger partial charge in [-0.2, -0.15) is 5.48 Å². The van der Waals surface area contributed by atoms with Crippen molar-refractivity contribution in [3.8, 4) is 11.8 Å². The van der Waals surface area contributed by atoms with Crippen molar-refractivity contribution < 1.29 is 5.21 Å². The van der Waals surface area contributed by atoms with Crippen LogP contribution in [0.4, 0.5) is 0 Å². The van der Waals surface area contributed by atoms with E-state index in [4.69, 9.17) is 5.21 Å². The maximum atomic E-state index is 8.21. The Bertz CT molecular complexity index is 101. The van der Waals surface area contributed by atoms with Gasteiger partial charge in [0.05, 0.1) is 6.04 Å². The summed E-state index contributed by atoms with van der Waals surface area (Å²) in [5.74, 6) is 5.60. The lowest BCUT2D eigenvalue weighted by molar-refractivity contribution is 0.152. The molecule has 0 aliphatic rings. The standard InChI is InChI=1S/C6H11NO/c1-3-4-5-6(2)7-8/h6-8H,3H2,1-2H3. The van der Waals surface area contributed by atoms with Crippen LogP contribution in [0.3, 0.4) is 0 Å². The molecule has 1 atom stereocenters. The van der Waals surface area contributed by atoms with Gasteiger partial charge in [0.15, 0.2) is 0 Å². The third kappa shape index (κ3) is 3.66. The molecule has 0 aliphatic carbocycles. The topological polar surface area (TPSA) is 32.3 Å². The molecule has 0 bridgehead atoms. The highest BCUT2D eigenvalue weighted by atomic mass is 16.5. The van der Waals surface area contributed by atoms with Crippen LogP contribution in [0.15, 0.2) is 0 Å². The number of hydrogen-bond acceptors (Lipinski definition) is 2. The molecule has 8 heavy (non-hydrogen) atoms. The molecule has 1 unspecified atom stereocenters. The van der Waals surface area contributed by atoms with E-state index < -0.39 is 0 Å². The molecule has 46 valence electrons. The summed E-state index contributed by atoms with van der Waals surface area (Å²) in [5, 5.41) is 8.21. The first kappa shape index (κ1) is 7.48. The maximum absolute atomic E-state index is 8.21. The van der Waals surface area contributed by atoms with Crippen molar-refractivity contribution in [1.82, 2.24) is 5.48 Å². The Labute approximate surface area is 49.9 Å². The van der Waals surface area contributed by atoms with Gasteiger partial charge < -0.3 is 5.21 Å². The molecule has 0 saturated carbocycles. The fourth-order valence-electron chi connectivity index (χ4n) is 0.287. The molecule has 0 aromatic carbocycles. The Hall–Kier alpha value is -0.520. The van der Waals surface area contributed by atoms with Crippen LogP contribution in [0.1, 0.15) is 20.3 Å². The first-order chi connectivity index (χ1) is 3.81. The van der Waals surface area contributed by atoms with Crippen molar-refractivity contribution >= 4 is 0 Å². The van der Waals surface area contributed by atoms with Crippen molar-refractivity contribution in [2.24, 2.45) is 0 Å². The second-order valence-corrected chi connectivity index (χ2v) is 1.53. The summed E-state index contributed by atoms with van der Waals surface area (Å²) >= 11 is 0. The number of nitrogens with one attached hydrogen (secondary N) is 1. The van der Waals surface area contributed by atoms with E-state index in [1.807, 2.05) is 12.4 Å².